The fourth-order valence-electron chi connectivity index (χ4n) is 3.47. The number of nitrogens with zero attached hydrogens (tertiary/aromatic N) is 1. The van der Waals surface area contributed by atoms with Crippen LogP contribution in [0.4, 0.5) is 0 Å². The number of benzene rings is 2. The Hall–Kier alpha value is -2.33. The maximum atomic E-state index is 12.8. The number of rotatable bonds is 5. The molecule has 2 aromatic carbocycles. The summed E-state index contributed by atoms with van der Waals surface area (Å²) in [6.45, 7) is 3.63. The van der Waals surface area contributed by atoms with Crippen molar-refractivity contribution in [2.45, 2.75) is 26.4 Å². The molecule has 4 nitrogen and oxygen atoms in total. The van der Waals surface area contributed by atoms with Crippen molar-refractivity contribution in [1.82, 2.24) is 4.90 Å². The van der Waals surface area contributed by atoms with Gasteiger partial charge in [0.1, 0.15) is 5.75 Å². The topological polar surface area (TPSA) is 49.8 Å². The number of ether oxygens (including phenoxy) is 1. The van der Waals surface area contributed by atoms with Crippen LogP contribution in [0.25, 0.3) is 0 Å². The molecule has 1 heterocycles. The first-order valence-corrected chi connectivity index (χ1v) is 8.73. The molecule has 1 N–H and O–H groups in total. The minimum Gasteiger partial charge on any atom is -0.497 e. The first kappa shape index (κ1) is 17.5. The Bertz CT molecular complexity index is 739. The lowest BCUT2D eigenvalue weighted by Crippen LogP contribution is -2.29. The molecule has 1 fully saturated rings. The fourth-order valence-corrected chi connectivity index (χ4v) is 3.47. The Kier molecular flexibility index (Phi) is 5.39. The maximum Gasteiger partial charge on any atom is 0.254 e. The van der Waals surface area contributed by atoms with Gasteiger partial charge in [0.15, 0.2) is 0 Å². The number of hydrogen-bond donors (Lipinski definition) is 1. The van der Waals surface area contributed by atoms with Crippen molar-refractivity contribution in [3.63, 3.8) is 0 Å². The predicted molar refractivity (Wildman–Crippen MR) is 97.8 cm³/mol. The van der Waals surface area contributed by atoms with Crippen LogP contribution in [0.3, 0.4) is 0 Å². The zero-order valence-corrected chi connectivity index (χ0v) is 14.9. The SMILES string of the molecule is COc1ccc(C(=O)N2CCC(Cc3ccc(CO)cc3)C2)c(C)c1. The number of aliphatic hydroxyl groups excluding tert-OH is 1. The third-order valence-electron chi connectivity index (χ3n) is 4.97. The van der Waals surface area contributed by atoms with Gasteiger partial charge < -0.3 is 14.7 Å². The van der Waals surface area contributed by atoms with Gasteiger partial charge in [-0.05, 0) is 60.6 Å². The zero-order chi connectivity index (χ0) is 17.8. The van der Waals surface area contributed by atoms with E-state index in [2.05, 4.69) is 12.1 Å². The molecule has 25 heavy (non-hydrogen) atoms. The summed E-state index contributed by atoms with van der Waals surface area (Å²) in [6, 6.07) is 13.7. The summed E-state index contributed by atoms with van der Waals surface area (Å²) in [6.07, 6.45) is 2.00. The van der Waals surface area contributed by atoms with E-state index in [1.54, 1.807) is 7.11 Å². The molecule has 0 aromatic heterocycles. The summed E-state index contributed by atoms with van der Waals surface area (Å²) < 4.78 is 5.21. The van der Waals surface area contributed by atoms with Crippen molar-refractivity contribution in [3.05, 3.63) is 64.7 Å². The predicted octanol–water partition coefficient (Wildman–Crippen LogP) is 3.20. The Morgan fingerprint density at radius 3 is 2.56 bits per heavy atom. The van der Waals surface area contributed by atoms with Crippen LogP contribution >= 0.6 is 0 Å². The Balaban J connectivity index is 1.62. The Morgan fingerprint density at radius 1 is 1.20 bits per heavy atom. The first-order valence-electron chi connectivity index (χ1n) is 8.73. The van der Waals surface area contributed by atoms with Gasteiger partial charge in [0.25, 0.3) is 5.91 Å². The van der Waals surface area contributed by atoms with Gasteiger partial charge in [-0.2, -0.15) is 0 Å². The molecule has 1 aliphatic heterocycles. The quantitative estimate of drug-likeness (QED) is 0.910. The molecule has 1 amide bonds. The van der Waals surface area contributed by atoms with E-state index in [4.69, 9.17) is 9.84 Å². The second-order valence-electron chi connectivity index (χ2n) is 6.77. The monoisotopic (exact) mass is 339 g/mol. The molecule has 1 atom stereocenters. The van der Waals surface area contributed by atoms with Crippen LogP contribution < -0.4 is 4.74 Å². The van der Waals surface area contributed by atoms with E-state index in [-0.39, 0.29) is 12.5 Å². The summed E-state index contributed by atoms with van der Waals surface area (Å²) in [4.78, 5) is 14.8. The highest BCUT2D eigenvalue weighted by atomic mass is 16.5. The first-order chi connectivity index (χ1) is 12.1. The summed E-state index contributed by atoms with van der Waals surface area (Å²) in [5.41, 5.74) is 3.90. The summed E-state index contributed by atoms with van der Waals surface area (Å²) in [7, 11) is 1.63. The molecule has 0 spiro atoms. The van der Waals surface area contributed by atoms with Crippen LogP contribution in [0, 0.1) is 12.8 Å². The number of amides is 1. The molecule has 1 unspecified atom stereocenters. The van der Waals surface area contributed by atoms with Crippen molar-refractivity contribution in [1.29, 1.82) is 0 Å². The van der Waals surface area contributed by atoms with Gasteiger partial charge in [-0.25, -0.2) is 0 Å². The number of carbonyl (C=O) groups is 1. The lowest BCUT2D eigenvalue weighted by molar-refractivity contribution is 0.0786. The number of hydrogen-bond acceptors (Lipinski definition) is 3. The number of likely N-dealkylation sites (tertiary alicyclic amines) is 1. The minimum atomic E-state index is 0.0766. The molecule has 4 heteroatoms. The molecule has 0 saturated carbocycles. The van der Waals surface area contributed by atoms with Crippen LogP contribution in [-0.2, 0) is 13.0 Å². The lowest BCUT2D eigenvalue weighted by atomic mass is 9.98. The molecule has 0 bridgehead atoms. The number of methoxy groups -OCH3 is 1. The highest BCUT2D eigenvalue weighted by Crippen LogP contribution is 2.25. The van der Waals surface area contributed by atoms with E-state index in [0.717, 1.165) is 48.4 Å². The van der Waals surface area contributed by atoms with Gasteiger partial charge in [-0.1, -0.05) is 24.3 Å². The van der Waals surface area contributed by atoms with E-state index < -0.39 is 0 Å². The smallest absolute Gasteiger partial charge is 0.254 e. The second-order valence-corrected chi connectivity index (χ2v) is 6.77. The molecule has 0 radical (unpaired) electrons. The van der Waals surface area contributed by atoms with Crippen molar-refractivity contribution >= 4 is 5.91 Å². The van der Waals surface area contributed by atoms with Crippen LogP contribution in [0.1, 0.15) is 33.5 Å². The fraction of sp³-hybridized carbons (Fsp3) is 0.381. The molecular weight excluding hydrogens is 314 g/mol. The molecule has 1 saturated heterocycles. The van der Waals surface area contributed by atoms with Crippen LogP contribution in [-0.4, -0.2) is 36.1 Å². The Labute approximate surface area is 149 Å². The van der Waals surface area contributed by atoms with Gasteiger partial charge in [0.05, 0.1) is 13.7 Å². The van der Waals surface area contributed by atoms with E-state index >= 15 is 0 Å². The van der Waals surface area contributed by atoms with E-state index in [0.29, 0.717) is 5.92 Å². The standard InChI is InChI=1S/C21H25NO3/c1-15-11-19(25-2)7-8-20(15)21(24)22-10-9-18(13-22)12-16-3-5-17(14-23)6-4-16/h3-8,11,18,23H,9-10,12-14H2,1-2H3. The summed E-state index contributed by atoms with van der Waals surface area (Å²) in [5.74, 6) is 1.38. The highest BCUT2D eigenvalue weighted by Gasteiger charge is 2.27. The van der Waals surface area contributed by atoms with Crippen molar-refractivity contribution in [2.24, 2.45) is 5.92 Å². The molecule has 0 aliphatic carbocycles. The van der Waals surface area contributed by atoms with Gasteiger partial charge in [0, 0.05) is 18.7 Å². The van der Waals surface area contributed by atoms with Gasteiger partial charge >= 0.3 is 0 Å². The van der Waals surface area contributed by atoms with Crippen LogP contribution in [0.5, 0.6) is 5.75 Å². The van der Waals surface area contributed by atoms with Crippen molar-refractivity contribution in [2.75, 3.05) is 20.2 Å². The van der Waals surface area contributed by atoms with Gasteiger partial charge in [0.2, 0.25) is 0 Å². The van der Waals surface area contributed by atoms with Gasteiger partial charge in [-0.15, -0.1) is 0 Å². The van der Waals surface area contributed by atoms with Gasteiger partial charge in [-0.3, -0.25) is 4.79 Å². The average molecular weight is 339 g/mol. The zero-order valence-electron chi connectivity index (χ0n) is 14.9. The molecular formula is C21H25NO3. The lowest BCUT2D eigenvalue weighted by Gasteiger charge is -2.18. The normalized spacial score (nSPS) is 16.9. The summed E-state index contributed by atoms with van der Waals surface area (Å²) in [5, 5.41) is 9.12. The third-order valence-corrected chi connectivity index (χ3v) is 4.97. The molecule has 2 aromatic rings. The van der Waals surface area contributed by atoms with E-state index in [1.807, 2.05) is 42.2 Å². The average Bonchev–Trinajstić information content (AvgIpc) is 3.10. The summed E-state index contributed by atoms with van der Waals surface area (Å²) >= 11 is 0. The van der Waals surface area contributed by atoms with Crippen LogP contribution in [0.15, 0.2) is 42.5 Å². The molecule has 1 aliphatic rings. The third kappa shape index (κ3) is 4.02. The van der Waals surface area contributed by atoms with Crippen molar-refractivity contribution < 1.29 is 14.6 Å². The van der Waals surface area contributed by atoms with Crippen molar-refractivity contribution in [3.8, 4) is 5.75 Å². The second kappa shape index (κ2) is 7.70. The minimum absolute atomic E-state index is 0.0766. The maximum absolute atomic E-state index is 12.8. The van der Waals surface area contributed by atoms with E-state index in [1.165, 1.54) is 5.56 Å². The number of aryl methyl sites for hydroxylation is 1. The number of aliphatic hydroxyl groups is 1. The Morgan fingerprint density at radius 2 is 1.92 bits per heavy atom. The largest absolute Gasteiger partial charge is 0.497 e. The molecule has 3 rings (SSSR count). The van der Waals surface area contributed by atoms with Crippen LogP contribution in [0.2, 0.25) is 0 Å². The van der Waals surface area contributed by atoms with E-state index in [9.17, 15) is 4.79 Å². The molecule has 132 valence electrons. The number of carbonyl (C=O) groups excluding carboxylic acids is 1. The highest BCUT2D eigenvalue weighted by molar-refractivity contribution is 5.96.